The summed E-state index contributed by atoms with van der Waals surface area (Å²) in [6.07, 6.45) is 2.69. The van der Waals surface area contributed by atoms with Crippen LogP contribution in [0.25, 0.3) is 0 Å². The first-order chi connectivity index (χ1) is 9.50. The molecule has 3 nitrogen and oxygen atoms in total. The molecule has 1 amide bonds. The van der Waals surface area contributed by atoms with Crippen molar-refractivity contribution in [1.29, 1.82) is 0 Å². The molecule has 1 saturated heterocycles. The normalized spacial score (nSPS) is 16.9. The van der Waals surface area contributed by atoms with Crippen LogP contribution < -0.4 is 5.32 Å². The number of nitrogens with one attached hydrogen (secondary N) is 1. The summed E-state index contributed by atoms with van der Waals surface area (Å²) in [4.78, 5) is 14.5. The van der Waals surface area contributed by atoms with Crippen molar-refractivity contribution in [2.45, 2.75) is 44.6 Å². The van der Waals surface area contributed by atoms with Crippen LogP contribution in [0.15, 0.2) is 30.3 Å². The van der Waals surface area contributed by atoms with Gasteiger partial charge in [-0.3, -0.25) is 4.79 Å². The molecule has 1 aromatic carbocycles. The lowest BCUT2D eigenvalue weighted by atomic mass is 9.81. The van der Waals surface area contributed by atoms with Crippen LogP contribution in [0.2, 0.25) is 0 Å². The van der Waals surface area contributed by atoms with Gasteiger partial charge in [-0.1, -0.05) is 44.2 Å². The zero-order valence-electron chi connectivity index (χ0n) is 12.9. The highest BCUT2D eigenvalue weighted by Gasteiger charge is 2.28. The fourth-order valence-electron chi connectivity index (χ4n) is 2.89. The smallest absolute Gasteiger partial charge is 0.223 e. The number of piperidine rings is 1. The van der Waals surface area contributed by atoms with Gasteiger partial charge in [0.1, 0.15) is 0 Å². The van der Waals surface area contributed by atoms with E-state index in [0.29, 0.717) is 12.5 Å². The first kappa shape index (κ1) is 15.0. The molecule has 0 unspecified atom stereocenters. The van der Waals surface area contributed by atoms with E-state index < -0.39 is 0 Å². The Morgan fingerprint density at radius 2 is 1.85 bits per heavy atom. The molecule has 1 heterocycles. The van der Waals surface area contributed by atoms with Gasteiger partial charge in [0.05, 0.1) is 0 Å². The molecule has 0 aromatic heterocycles. The molecule has 1 aliphatic rings. The highest BCUT2D eigenvalue weighted by Crippen LogP contribution is 2.28. The molecule has 110 valence electrons. The average molecular weight is 274 g/mol. The monoisotopic (exact) mass is 274 g/mol. The summed E-state index contributed by atoms with van der Waals surface area (Å²) in [7, 11) is 1.96. The largest absolute Gasteiger partial charge is 0.343 e. The number of hydrogen-bond acceptors (Lipinski definition) is 2. The quantitative estimate of drug-likeness (QED) is 0.915. The Balaban J connectivity index is 1.99. The van der Waals surface area contributed by atoms with Gasteiger partial charge in [-0.15, -0.1) is 0 Å². The van der Waals surface area contributed by atoms with Crippen LogP contribution in [0.4, 0.5) is 0 Å². The fraction of sp³-hybridized carbons (Fsp3) is 0.588. The van der Waals surface area contributed by atoms with Crippen molar-refractivity contribution in [3.63, 3.8) is 0 Å². The Hall–Kier alpha value is -1.35. The predicted octanol–water partition coefficient (Wildman–Crippen LogP) is 2.56. The van der Waals surface area contributed by atoms with Crippen molar-refractivity contribution in [3.8, 4) is 0 Å². The molecule has 3 heteroatoms. The summed E-state index contributed by atoms with van der Waals surface area (Å²) in [6.45, 7) is 6.34. The lowest BCUT2D eigenvalue weighted by Gasteiger charge is -2.34. The van der Waals surface area contributed by atoms with E-state index in [0.717, 1.165) is 25.9 Å². The molecule has 1 aliphatic heterocycles. The van der Waals surface area contributed by atoms with Crippen molar-refractivity contribution < 1.29 is 4.79 Å². The SMILES string of the molecule is CN(C(=O)CC(C)(C)c1ccccc1)C1CCNCC1. The highest BCUT2D eigenvalue weighted by molar-refractivity contribution is 5.77. The minimum atomic E-state index is -0.112. The maximum absolute atomic E-state index is 12.5. The van der Waals surface area contributed by atoms with E-state index in [-0.39, 0.29) is 11.3 Å². The molecule has 20 heavy (non-hydrogen) atoms. The molecular weight excluding hydrogens is 248 g/mol. The highest BCUT2D eigenvalue weighted by atomic mass is 16.2. The van der Waals surface area contributed by atoms with Gasteiger partial charge in [-0.05, 0) is 36.9 Å². The summed E-state index contributed by atoms with van der Waals surface area (Å²) in [5.74, 6) is 0.255. The Morgan fingerprint density at radius 3 is 2.45 bits per heavy atom. The van der Waals surface area contributed by atoms with E-state index in [1.165, 1.54) is 5.56 Å². The fourth-order valence-corrected chi connectivity index (χ4v) is 2.89. The summed E-state index contributed by atoms with van der Waals surface area (Å²) in [6, 6.07) is 10.7. The first-order valence-electron chi connectivity index (χ1n) is 7.52. The van der Waals surface area contributed by atoms with Crippen LogP contribution in [0, 0.1) is 0 Å². The van der Waals surface area contributed by atoms with Crippen molar-refractivity contribution in [1.82, 2.24) is 10.2 Å². The van der Waals surface area contributed by atoms with E-state index >= 15 is 0 Å². The topological polar surface area (TPSA) is 32.3 Å². The molecule has 0 atom stereocenters. The predicted molar refractivity (Wildman–Crippen MR) is 82.7 cm³/mol. The third-order valence-electron chi connectivity index (χ3n) is 4.40. The lowest BCUT2D eigenvalue weighted by Crippen LogP contribution is -2.45. The number of carbonyl (C=O) groups excluding carboxylic acids is 1. The standard InChI is InChI=1S/C17H26N2O/c1-17(2,14-7-5-4-6-8-14)13-16(20)19(3)15-9-11-18-12-10-15/h4-8,15,18H,9-13H2,1-3H3. The summed E-state index contributed by atoms with van der Waals surface area (Å²) >= 11 is 0. The number of rotatable bonds is 4. The maximum atomic E-state index is 12.5. The molecule has 0 radical (unpaired) electrons. The van der Waals surface area contributed by atoms with Gasteiger partial charge in [0, 0.05) is 19.5 Å². The average Bonchev–Trinajstić information content (AvgIpc) is 2.48. The number of benzene rings is 1. The van der Waals surface area contributed by atoms with Gasteiger partial charge >= 0.3 is 0 Å². The second-order valence-electron chi connectivity index (χ2n) is 6.41. The van der Waals surface area contributed by atoms with Crippen LogP contribution in [0.1, 0.15) is 38.7 Å². The summed E-state index contributed by atoms with van der Waals surface area (Å²) in [5.41, 5.74) is 1.12. The second kappa shape index (κ2) is 6.40. The number of amides is 1. The molecule has 1 fully saturated rings. The van der Waals surface area contributed by atoms with Gasteiger partial charge in [-0.2, -0.15) is 0 Å². The number of hydrogen-bond donors (Lipinski definition) is 1. The molecule has 1 N–H and O–H groups in total. The summed E-state index contributed by atoms with van der Waals surface area (Å²) < 4.78 is 0. The molecule has 0 saturated carbocycles. The molecule has 0 aliphatic carbocycles. The van der Waals surface area contributed by atoms with Gasteiger partial charge < -0.3 is 10.2 Å². The Morgan fingerprint density at radius 1 is 1.25 bits per heavy atom. The van der Waals surface area contributed by atoms with E-state index in [1.54, 1.807) is 0 Å². The van der Waals surface area contributed by atoms with Gasteiger partial charge in [0.2, 0.25) is 5.91 Å². The van der Waals surface area contributed by atoms with Crippen LogP contribution in [-0.2, 0) is 10.2 Å². The third kappa shape index (κ3) is 3.60. The molecule has 1 aromatic rings. The zero-order valence-corrected chi connectivity index (χ0v) is 12.9. The Labute approximate surface area is 122 Å². The van der Waals surface area contributed by atoms with Gasteiger partial charge in [0.15, 0.2) is 0 Å². The van der Waals surface area contributed by atoms with Crippen LogP contribution >= 0.6 is 0 Å². The summed E-state index contributed by atoms with van der Waals surface area (Å²) in [5, 5.41) is 3.34. The Kier molecular flexibility index (Phi) is 4.81. The van der Waals surface area contributed by atoms with Gasteiger partial charge in [-0.25, -0.2) is 0 Å². The lowest BCUT2D eigenvalue weighted by molar-refractivity contribution is -0.133. The van der Waals surface area contributed by atoms with Gasteiger partial charge in [0.25, 0.3) is 0 Å². The van der Waals surface area contributed by atoms with Crippen LogP contribution in [-0.4, -0.2) is 37.0 Å². The van der Waals surface area contributed by atoms with Crippen molar-refractivity contribution in [3.05, 3.63) is 35.9 Å². The van der Waals surface area contributed by atoms with Crippen LogP contribution in [0.5, 0.6) is 0 Å². The van der Waals surface area contributed by atoms with E-state index in [4.69, 9.17) is 0 Å². The first-order valence-corrected chi connectivity index (χ1v) is 7.52. The minimum Gasteiger partial charge on any atom is -0.343 e. The third-order valence-corrected chi connectivity index (χ3v) is 4.40. The second-order valence-corrected chi connectivity index (χ2v) is 6.41. The molecular formula is C17H26N2O. The maximum Gasteiger partial charge on any atom is 0.223 e. The number of carbonyl (C=O) groups is 1. The van der Waals surface area contributed by atoms with E-state index in [2.05, 4.69) is 31.3 Å². The van der Waals surface area contributed by atoms with Crippen molar-refractivity contribution >= 4 is 5.91 Å². The minimum absolute atomic E-state index is 0.112. The van der Waals surface area contributed by atoms with E-state index in [9.17, 15) is 4.79 Å². The molecule has 2 rings (SSSR count). The Bertz CT molecular complexity index is 436. The number of nitrogens with zero attached hydrogens (tertiary/aromatic N) is 1. The van der Waals surface area contributed by atoms with Crippen molar-refractivity contribution in [2.24, 2.45) is 0 Å². The van der Waals surface area contributed by atoms with E-state index in [1.807, 2.05) is 30.1 Å². The molecule has 0 bridgehead atoms. The van der Waals surface area contributed by atoms with Crippen LogP contribution in [0.3, 0.4) is 0 Å². The zero-order chi connectivity index (χ0) is 14.6. The van der Waals surface area contributed by atoms with Crippen molar-refractivity contribution in [2.75, 3.05) is 20.1 Å². The molecule has 0 spiro atoms.